The Labute approximate surface area is 118 Å². The van der Waals surface area contributed by atoms with Crippen LogP contribution < -0.4 is 4.74 Å². The van der Waals surface area contributed by atoms with E-state index in [9.17, 15) is 4.39 Å². The average Bonchev–Trinajstić information content (AvgIpc) is 2.39. The van der Waals surface area contributed by atoms with Crippen LogP contribution in [0.4, 0.5) is 4.39 Å². The second kappa shape index (κ2) is 6.16. The van der Waals surface area contributed by atoms with Gasteiger partial charge < -0.3 is 4.74 Å². The quantitative estimate of drug-likeness (QED) is 0.778. The van der Waals surface area contributed by atoms with Crippen LogP contribution in [0, 0.1) is 5.82 Å². The summed E-state index contributed by atoms with van der Waals surface area (Å²) in [5.74, 6) is -0.126. The van der Waals surface area contributed by atoms with E-state index in [2.05, 4.69) is 20.9 Å². The Bertz CT molecular complexity index is 550. The highest BCUT2D eigenvalue weighted by Gasteiger charge is 2.10. The highest BCUT2D eigenvalue weighted by Crippen LogP contribution is 2.26. The molecule has 0 N–H and O–H groups in total. The van der Waals surface area contributed by atoms with E-state index in [4.69, 9.17) is 16.3 Å². The zero-order valence-electron chi connectivity index (χ0n) is 9.37. The summed E-state index contributed by atoms with van der Waals surface area (Å²) in [5, 5.41) is 1.04. The molecule has 0 amide bonds. The Balaban J connectivity index is 2.18. The Morgan fingerprint density at radius 2 is 2.11 bits per heavy atom. The van der Waals surface area contributed by atoms with Crippen LogP contribution in [0.2, 0.25) is 5.02 Å². The van der Waals surface area contributed by atoms with E-state index >= 15 is 0 Å². The second-order valence-corrected chi connectivity index (χ2v) is 4.59. The smallest absolute Gasteiger partial charge is 0.165 e. The highest BCUT2D eigenvalue weighted by atomic mass is 79.9. The fourth-order valence-electron chi connectivity index (χ4n) is 1.49. The fourth-order valence-corrected chi connectivity index (χ4v) is 2.11. The molecular formula is C13H10BrClFNO. The zero-order valence-corrected chi connectivity index (χ0v) is 11.7. The summed E-state index contributed by atoms with van der Waals surface area (Å²) in [7, 11) is 0. The van der Waals surface area contributed by atoms with Crippen molar-refractivity contribution in [2.75, 3.05) is 0 Å². The molecule has 0 spiro atoms. The van der Waals surface area contributed by atoms with E-state index in [1.165, 1.54) is 12.3 Å². The van der Waals surface area contributed by atoms with Crippen LogP contribution in [0.3, 0.4) is 0 Å². The van der Waals surface area contributed by atoms with Gasteiger partial charge in [-0.15, -0.1) is 0 Å². The number of aromatic nitrogens is 1. The molecule has 0 aliphatic carbocycles. The van der Waals surface area contributed by atoms with Gasteiger partial charge in [0.2, 0.25) is 0 Å². The third kappa shape index (κ3) is 3.00. The predicted octanol–water partition coefficient (Wildman–Crippen LogP) is 4.35. The van der Waals surface area contributed by atoms with E-state index in [0.29, 0.717) is 10.4 Å². The number of para-hydroxylation sites is 1. The summed E-state index contributed by atoms with van der Waals surface area (Å²) in [6.45, 7) is 0.211. The Kier molecular flexibility index (Phi) is 4.55. The number of hydrogen-bond donors (Lipinski definition) is 0. The molecule has 1 aromatic heterocycles. The van der Waals surface area contributed by atoms with Gasteiger partial charge in [-0.25, -0.2) is 4.39 Å². The Morgan fingerprint density at radius 3 is 2.83 bits per heavy atom. The van der Waals surface area contributed by atoms with Crippen molar-refractivity contribution in [3.05, 3.63) is 58.6 Å². The van der Waals surface area contributed by atoms with E-state index in [1.54, 1.807) is 24.4 Å². The second-order valence-electron chi connectivity index (χ2n) is 3.62. The molecule has 94 valence electrons. The minimum atomic E-state index is -0.378. The molecule has 0 fully saturated rings. The molecule has 2 aromatic rings. The van der Waals surface area contributed by atoms with Crippen LogP contribution in [0.25, 0.3) is 0 Å². The minimum absolute atomic E-state index is 0.211. The molecule has 0 radical (unpaired) electrons. The van der Waals surface area contributed by atoms with E-state index in [-0.39, 0.29) is 18.2 Å². The molecule has 18 heavy (non-hydrogen) atoms. The molecule has 5 heteroatoms. The van der Waals surface area contributed by atoms with E-state index < -0.39 is 0 Å². The van der Waals surface area contributed by atoms with Crippen molar-refractivity contribution >= 4 is 27.5 Å². The third-order valence-electron chi connectivity index (χ3n) is 2.42. The first kappa shape index (κ1) is 13.3. The van der Waals surface area contributed by atoms with Gasteiger partial charge in [0.1, 0.15) is 6.61 Å². The van der Waals surface area contributed by atoms with Crippen molar-refractivity contribution in [3.8, 4) is 5.75 Å². The number of nitrogens with zero attached hydrogens (tertiary/aromatic N) is 1. The van der Waals surface area contributed by atoms with Crippen LogP contribution >= 0.6 is 27.5 Å². The molecule has 0 aliphatic heterocycles. The lowest BCUT2D eigenvalue weighted by molar-refractivity contribution is 0.288. The van der Waals surface area contributed by atoms with Gasteiger partial charge in [0.15, 0.2) is 11.6 Å². The van der Waals surface area contributed by atoms with E-state index in [0.717, 1.165) is 11.1 Å². The molecule has 0 aliphatic rings. The fraction of sp³-hybridized carbons (Fsp3) is 0.154. The van der Waals surface area contributed by atoms with Gasteiger partial charge in [-0.05, 0) is 12.1 Å². The van der Waals surface area contributed by atoms with Crippen LogP contribution in [-0.2, 0) is 11.9 Å². The highest BCUT2D eigenvalue weighted by molar-refractivity contribution is 9.08. The van der Waals surface area contributed by atoms with Gasteiger partial charge in [-0.2, -0.15) is 0 Å². The van der Waals surface area contributed by atoms with Crippen molar-refractivity contribution < 1.29 is 9.13 Å². The molecule has 1 heterocycles. The summed E-state index contributed by atoms with van der Waals surface area (Å²) in [4.78, 5) is 3.88. The number of ether oxygens (including phenoxy) is 1. The Hall–Kier alpha value is -1.13. The first-order valence-electron chi connectivity index (χ1n) is 5.27. The number of hydrogen-bond acceptors (Lipinski definition) is 2. The van der Waals surface area contributed by atoms with Gasteiger partial charge in [0, 0.05) is 28.9 Å². The molecule has 0 saturated heterocycles. The van der Waals surface area contributed by atoms with Crippen molar-refractivity contribution in [1.29, 1.82) is 0 Å². The zero-order chi connectivity index (χ0) is 13.0. The Morgan fingerprint density at radius 1 is 1.28 bits per heavy atom. The molecule has 1 aromatic carbocycles. The SMILES string of the molecule is Fc1cccc(CBr)c1OCc1ccncc1Cl. The number of pyridine rings is 1. The van der Waals surface area contributed by atoms with Gasteiger partial charge in [0.05, 0.1) is 5.02 Å². The maximum Gasteiger partial charge on any atom is 0.165 e. The van der Waals surface area contributed by atoms with Gasteiger partial charge in [0.25, 0.3) is 0 Å². The van der Waals surface area contributed by atoms with Crippen LogP contribution in [0.15, 0.2) is 36.7 Å². The van der Waals surface area contributed by atoms with Crippen LogP contribution in [0.5, 0.6) is 5.75 Å². The maximum absolute atomic E-state index is 13.6. The number of halogens is 3. The van der Waals surface area contributed by atoms with Crippen LogP contribution in [0.1, 0.15) is 11.1 Å². The third-order valence-corrected chi connectivity index (χ3v) is 3.37. The summed E-state index contributed by atoms with van der Waals surface area (Å²) in [6.07, 6.45) is 3.16. The average molecular weight is 331 g/mol. The molecule has 0 atom stereocenters. The molecule has 0 saturated carbocycles. The summed E-state index contributed by atoms with van der Waals surface area (Å²) in [6, 6.07) is 6.58. The lowest BCUT2D eigenvalue weighted by atomic mass is 10.2. The maximum atomic E-state index is 13.6. The molecular weight excluding hydrogens is 321 g/mol. The summed E-state index contributed by atoms with van der Waals surface area (Å²) in [5.41, 5.74) is 1.54. The summed E-state index contributed by atoms with van der Waals surface area (Å²) >= 11 is 9.26. The normalized spacial score (nSPS) is 10.4. The van der Waals surface area contributed by atoms with Crippen molar-refractivity contribution in [2.24, 2.45) is 0 Å². The van der Waals surface area contributed by atoms with Crippen molar-refractivity contribution in [3.63, 3.8) is 0 Å². The lowest BCUT2D eigenvalue weighted by Gasteiger charge is -2.11. The molecule has 2 nitrogen and oxygen atoms in total. The topological polar surface area (TPSA) is 22.1 Å². The molecule has 0 bridgehead atoms. The van der Waals surface area contributed by atoms with Gasteiger partial charge >= 0.3 is 0 Å². The summed E-state index contributed by atoms with van der Waals surface area (Å²) < 4.78 is 19.2. The molecule has 2 rings (SSSR count). The first-order chi connectivity index (χ1) is 8.72. The molecule has 0 unspecified atom stereocenters. The monoisotopic (exact) mass is 329 g/mol. The number of rotatable bonds is 4. The van der Waals surface area contributed by atoms with Crippen LogP contribution in [-0.4, -0.2) is 4.98 Å². The minimum Gasteiger partial charge on any atom is -0.485 e. The largest absolute Gasteiger partial charge is 0.485 e. The van der Waals surface area contributed by atoms with Gasteiger partial charge in [-0.3, -0.25) is 4.98 Å². The van der Waals surface area contributed by atoms with Crippen molar-refractivity contribution in [2.45, 2.75) is 11.9 Å². The van der Waals surface area contributed by atoms with E-state index in [1.807, 2.05) is 0 Å². The predicted molar refractivity (Wildman–Crippen MR) is 72.6 cm³/mol. The standard InChI is InChI=1S/C13H10BrClFNO/c14-6-9-2-1-3-12(16)13(9)18-8-10-4-5-17-7-11(10)15/h1-5,7H,6,8H2. The first-order valence-corrected chi connectivity index (χ1v) is 6.77. The lowest BCUT2D eigenvalue weighted by Crippen LogP contribution is -2.01. The number of alkyl halides is 1. The van der Waals surface area contributed by atoms with Crippen molar-refractivity contribution in [1.82, 2.24) is 4.98 Å². The number of benzene rings is 1. The van der Waals surface area contributed by atoms with Gasteiger partial charge in [-0.1, -0.05) is 39.7 Å².